The Bertz CT molecular complexity index is 573. The monoisotopic (exact) mass is 292 g/mol. The Hall–Kier alpha value is -2.41. The fourth-order valence-electron chi connectivity index (χ4n) is 2.44. The lowest BCUT2D eigenvalue weighted by Gasteiger charge is -2.22. The summed E-state index contributed by atoms with van der Waals surface area (Å²) in [6.07, 6.45) is 2.84. The predicted octanol–water partition coefficient (Wildman–Crippen LogP) is 1.29. The van der Waals surface area contributed by atoms with E-state index >= 15 is 0 Å². The van der Waals surface area contributed by atoms with Crippen LogP contribution in [0.5, 0.6) is 0 Å². The van der Waals surface area contributed by atoms with Gasteiger partial charge in [0.1, 0.15) is 0 Å². The molecule has 1 amide bonds. The van der Waals surface area contributed by atoms with Crippen molar-refractivity contribution >= 4 is 23.5 Å². The maximum Gasteiger partial charge on any atom is 0.335 e. The Balaban J connectivity index is 2.28. The van der Waals surface area contributed by atoms with Crippen molar-refractivity contribution in [2.45, 2.75) is 31.2 Å². The molecule has 0 heterocycles. The van der Waals surface area contributed by atoms with Crippen LogP contribution in [-0.4, -0.2) is 33.6 Å². The SMILES string of the molecule is NC1(C(=O)Nc2cc(C(=O)O)cc(C(=O)O)c2)CCCC1. The molecule has 0 spiro atoms. The molecule has 1 saturated carbocycles. The third-order valence-corrected chi connectivity index (χ3v) is 3.63. The summed E-state index contributed by atoms with van der Waals surface area (Å²) in [5.74, 6) is -2.95. The molecule has 0 unspecified atom stereocenters. The number of nitrogens with two attached hydrogens (primary N) is 1. The molecule has 2 rings (SSSR count). The highest BCUT2D eigenvalue weighted by atomic mass is 16.4. The first-order chi connectivity index (χ1) is 9.82. The average Bonchev–Trinajstić information content (AvgIpc) is 2.86. The molecular weight excluding hydrogens is 276 g/mol. The van der Waals surface area contributed by atoms with Crippen LogP contribution in [0.15, 0.2) is 18.2 Å². The number of benzene rings is 1. The fraction of sp³-hybridized carbons (Fsp3) is 0.357. The lowest BCUT2D eigenvalue weighted by Crippen LogP contribution is -2.48. The molecule has 1 aliphatic rings. The topological polar surface area (TPSA) is 130 Å². The number of hydrogen-bond acceptors (Lipinski definition) is 4. The molecule has 1 aromatic rings. The molecule has 21 heavy (non-hydrogen) atoms. The van der Waals surface area contributed by atoms with Gasteiger partial charge in [0.25, 0.3) is 0 Å². The normalized spacial score (nSPS) is 16.4. The summed E-state index contributed by atoms with van der Waals surface area (Å²) < 4.78 is 0. The number of carbonyl (C=O) groups excluding carboxylic acids is 1. The number of carbonyl (C=O) groups is 3. The molecule has 112 valence electrons. The van der Waals surface area contributed by atoms with Crippen molar-refractivity contribution in [1.82, 2.24) is 0 Å². The fourth-order valence-corrected chi connectivity index (χ4v) is 2.44. The first-order valence-corrected chi connectivity index (χ1v) is 6.54. The van der Waals surface area contributed by atoms with Gasteiger partial charge in [-0.1, -0.05) is 12.8 Å². The summed E-state index contributed by atoms with van der Waals surface area (Å²) in [6.45, 7) is 0. The van der Waals surface area contributed by atoms with Crippen LogP contribution >= 0.6 is 0 Å². The summed E-state index contributed by atoms with van der Waals surface area (Å²) in [4.78, 5) is 34.2. The maximum absolute atomic E-state index is 12.2. The predicted molar refractivity (Wildman–Crippen MR) is 74.4 cm³/mol. The highest BCUT2D eigenvalue weighted by molar-refractivity contribution is 6.01. The zero-order valence-corrected chi connectivity index (χ0v) is 11.3. The first-order valence-electron chi connectivity index (χ1n) is 6.54. The number of nitrogens with one attached hydrogen (secondary N) is 1. The highest BCUT2D eigenvalue weighted by Gasteiger charge is 2.37. The van der Waals surface area contributed by atoms with Crippen LogP contribution in [0.25, 0.3) is 0 Å². The van der Waals surface area contributed by atoms with Gasteiger partial charge in [0, 0.05) is 5.69 Å². The van der Waals surface area contributed by atoms with Crippen molar-refractivity contribution in [2.75, 3.05) is 5.32 Å². The minimum Gasteiger partial charge on any atom is -0.478 e. The van der Waals surface area contributed by atoms with Crippen molar-refractivity contribution in [3.05, 3.63) is 29.3 Å². The van der Waals surface area contributed by atoms with E-state index in [-0.39, 0.29) is 16.8 Å². The van der Waals surface area contributed by atoms with Crippen molar-refractivity contribution in [2.24, 2.45) is 5.73 Å². The largest absolute Gasteiger partial charge is 0.478 e. The summed E-state index contributed by atoms with van der Waals surface area (Å²) in [5, 5.41) is 20.5. The molecule has 0 aromatic heterocycles. The molecule has 7 heteroatoms. The van der Waals surface area contributed by atoms with Gasteiger partial charge >= 0.3 is 11.9 Å². The molecule has 0 bridgehead atoms. The quantitative estimate of drug-likeness (QED) is 0.661. The lowest BCUT2D eigenvalue weighted by molar-refractivity contribution is -0.121. The van der Waals surface area contributed by atoms with E-state index in [1.807, 2.05) is 0 Å². The van der Waals surface area contributed by atoms with Gasteiger partial charge in [-0.25, -0.2) is 9.59 Å². The zero-order chi connectivity index (χ0) is 15.6. The van der Waals surface area contributed by atoms with Crippen LogP contribution in [0.3, 0.4) is 0 Å². The van der Waals surface area contributed by atoms with Crippen molar-refractivity contribution < 1.29 is 24.6 Å². The summed E-state index contributed by atoms with van der Waals surface area (Å²) in [6, 6.07) is 3.46. The second-order valence-electron chi connectivity index (χ2n) is 5.23. The third kappa shape index (κ3) is 3.19. The summed E-state index contributed by atoms with van der Waals surface area (Å²) in [5.41, 5.74) is 4.74. The van der Waals surface area contributed by atoms with Gasteiger partial charge in [-0.2, -0.15) is 0 Å². The van der Waals surface area contributed by atoms with Crippen LogP contribution in [-0.2, 0) is 4.79 Å². The van der Waals surface area contributed by atoms with Gasteiger partial charge in [-0.3, -0.25) is 4.79 Å². The Morgan fingerprint density at radius 1 is 1.00 bits per heavy atom. The Morgan fingerprint density at radius 2 is 1.48 bits per heavy atom. The summed E-state index contributed by atoms with van der Waals surface area (Å²) in [7, 11) is 0. The van der Waals surface area contributed by atoms with E-state index in [1.54, 1.807) is 0 Å². The van der Waals surface area contributed by atoms with Crippen LogP contribution in [0, 0.1) is 0 Å². The van der Waals surface area contributed by atoms with Crippen molar-refractivity contribution in [1.29, 1.82) is 0 Å². The Kier molecular flexibility index (Phi) is 3.95. The maximum atomic E-state index is 12.2. The van der Waals surface area contributed by atoms with E-state index < -0.39 is 23.4 Å². The van der Waals surface area contributed by atoms with Crippen molar-refractivity contribution in [3.8, 4) is 0 Å². The third-order valence-electron chi connectivity index (χ3n) is 3.63. The smallest absolute Gasteiger partial charge is 0.335 e. The van der Waals surface area contributed by atoms with E-state index in [9.17, 15) is 14.4 Å². The number of hydrogen-bond donors (Lipinski definition) is 4. The number of amides is 1. The number of anilines is 1. The minimum absolute atomic E-state index is 0.119. The molecule has 7 nitrogen and oxygen atoms in total. The van der Waals surface area contributed by atoms with Crippen LogP contribution in [0.4, 0.5) is 5.69 Å². The molecule has 5 N–H and O–H groups in total. The van der Waals surface area contributed by atoms with Gasteiger partial charge in [-0.05, 0) is 31.0 Å². The number of rotatable bonds is 4. The zero-order valence-electron chi connectivity index (χ0n) is 11.3. The van der Waals surface area contributed by atoms with E-state index in [0.29, 0.717) is 12.8 Å². The highest BCUT2D eigenvalue weighted by Crippen LogP contribution is 2.28. The molecule has 0 atom stereocenters. The molecular formula is C14H16N2O5. The van der Waals surface area contributed by atoms with Gasteiger partial charge < -0.3 is 21.3 Å². The second-order valence-corrected chi connectivity index (χ2v) is 5.23. The minimum atomic E-state index is -1.27. The number of carboxylic acids is 2. The Morgan fingerprint density at radius 3 is 1.90 bits per heavy atom. The number of aromatic carboxylic acids is 2. The van der Waals surface area contributed by atoms with Crippen molar-refractivity contribution in [3.63, 3.8) is 0 Å². The first kappa shape index (κ1) is 15.0. The molecule has 1 aliphatic carbocycles. The summed E-state index contributed by atoms with van der Waals surface area (Å²) >= 11 is 0. The lowest BCUT2D eigenvalue weighted by atomic mass is 9.98. The van der Waals surface area contributed by atoms with Gasteiger partial charge in [-0.15, -0.1) is 0 Å². The van der Waals surface area contributed by atoms with Gasteiger partial charge in [0.05, 0.1) is 16.7 Å². The number of carboxylic acid groups (broad SMARTS) is 2. The molecule has 1 fully saturated rings. The second kappa shape index (κ2) is 5.53. The van der Waals surface area contributed by atoms with E-state index in [0.717, 1.165) is 18.9 Å². The van der Waals surface area contributed by atoms with Gasteiger partial charge in [0.15, 0.2) is 0 Å². The average molecular weight is 292 g/mol. The standard InChI is InChI=1S/C14H16N2O5/c15-14(3-1-2-4-14)13(21)16-10-6-8(11(17)18)5-9(7-10)12(19)20/h5-7H,1-4,15H2,(H,16,21)(H,17,18)(H,19,20). The van der Waals surface area contributed by atoms with E-state index in [4.69, 9.17) is 15.9 Å². The molecule has 1 aromatic carbocycles. The molecule has 0 radical (unpaired) electrons. The van der Waals surface area contributed by atoms with Gasteiger partial charge in [0.2, 0.25) is 5.91 Å². The van der Waals surface area contributed by atoms with E-state index in [1.165, 1.54) is 12.1 Å². The molecule has 0 aliphatic heterocycles. The van der Waals surface area contributed by atoms with Crippen LogP contribution in [0.1, 0.15) is 46.4 Å². The van der Waals surface area contributed by atoms with E-state index in [2.05, 4.69) is 5.32 Å². The van der Waals surface area contributed by atoms with Crippen LogP contribution < -0.4 is 11.1 Å². The van der Waals surface area contributed by atoms with Crippen LogP contribution in [0.2, 0.25) is 0 Å². The molecule has 0 saturated heterocycles. The Labute approximate surface area is 120 Å².